The summed E-state index contributed by atoms with van der Waals surface area (Å²) in [6.45, 7) is 0.225. The lowest BCUT2D eigenvalue weighted by molar-refractivity contribution is 0.0557. The van der Waals surface area contributed by atoms with Crippen LogP contribution in [-0.2, 0) is 21.5 Å². The first-order valence-electron chi connectivity index (χ1n) is 12.1. The molecular formula is C29H22BrF2N2O5PS. The third-order valence-electron chi connectivity index (χ3n) is 6.45. The van der Waals surface area contributed by atoms with Crippen LogP contribution in [0.4, 0.5) is 19.6 Å². The van der Waals surface area contributed by atoms with E-state index in [1.807, 2.05) is 52.7 Å². The van der Waals surface area contributed by atoms with Gasteiger partial charge in [-0.25, -0.2) is 9.78 Å². The first-order valence-corrected chi connectivity index (χ1v) is 15.4. The van der Waals surface area contributed by atoms with Gasteiger partial charge in [-0.3, -0.25) is 4.57 Å². The van der Waals surface area contributed by atoms with Crippen molar-refractivity contribution in [1.29, 1.82) is 0 Å². The number of anilines is 2. The molecule has 0 bridgehead atoms. The zero-order valence-corrected chi connectivity index (χ0v) is 24.7. The van der Waals surface area contributed by atoms with E-state index in [1.165, 1.54) is 30.6 Å². The Bertz CT molecular complexity index is 1790. The minimum Gasteiger partial charge on any atom is -0.465 e. The smallest absolute Gasteiger partial charge is 0.399 e. The number of nitrogens with zero attached hydrogens (tertiary/aromatic N) is 2. The van der Waals surface area contributed by atoms with E-state index in [-0.39, 0.29) is 11.0 Å². The molecule has 0 unspecified atom stereocenters. The van der Waals surface area contributed by atoms with E-state index < -0.39 is 24.8 Å². The molecule has 210 valence electrons. The molecule has 0 amide bonds. The molecule has 5 aromatic rings. The molecule has 0 fully saturated rings. The van der Waals surface area contributed by atoms with Crippen molar-refractivity contribution in [2.75, 3.05) is 12.0 Å². The number of thiazole rings is 1. The van der Waals surface area contributed by atoms with E-state index in [0.29, 0.717) is 22.0 Å². The molecule has 12 heteroatoms. The summed E-state index contributed by atoms with van der Waals surface area (Å²) in [5.41, 5.74) is -1.79. The van der Waals surface area contributed by atoms with Crippen molar-refractivity contribution in [3.05, 3.63) is 111 Å². The van der Waals surface area contributed by atoms with Crippen LogP contribution < -0.4 is 4.90 Å². The molecule has 5 rings (SSSR count). The summed E-state index contributed by atoms with van der Waals surface area (Å²) < 4.78 is 45.0. The molecule has 0 spiro atoms. The fraction of sp³-hybridized carbons (Fsp3) is 0.103. The number of carbonyl (C=O) groups is 1. The van der Waals surface area contributed by atoms with Crippen LogP contribution in [0.25, 0.3) is 22.0 Å². The Hall–Kier alpha value is -3.47. The van der Waals surface area contributed by atoms with Crippen LogP contribution in [0.2, 0.25) is 0 Å². The van der Waals surface area contributed by atoms with Gasteiger partial charge in [0.25, 0.3) is 0 Å². The Morgan fingerprint density at radius 2 is 1.76 bits per heavy atom. The topological polar surface area (TPSA) is 100.0 Å². The van der Waals surface area contributed by atoms with Crippen molar-refractivity contribution in [1.82, 2.24) is 4.98 Å². The third-order valence-corrected chi connectivity index (χ3v) is 8.94. The quantitative estimate of drug-likeness (QED) is 0.128. The summed E-state index contributed by atoms with van der Waals surface area (Å²) in [4.78, 5) is 37.0. The monoisotopic (exact) mass is 658 g/mol. The average molecular weight is 659 g/mol. The summed E-state index contributed by atoms with van der Waals surface area (Å²) in [6.07, 6.45) is 0. The van der Waals surface area contributed by atoms with Crippen LogP contribution in [0, 0.1) is 0 Å². The number of methoxy groups -OCH3 is 1. The Labute approximate surface area is 246 Å². The maximum absolute atomic E-state index is 14.4. The van der Waals surface area contributed by atoms with Crippen molar-refractivity contribution in [3.63, 3.8) is 0 Å². The van der Waals surface area contributed by atoms with Gasteiger partial charge >= 0.3 is 19.2 Å². The highest BCUT2D eigenvalue weighted by molar-refractivity contribution is 9.10. The highest BCUT2D eigenvalue weighted by Crippen LogP contribution is 2.60. The molecule has 7 nitrogen and oxygen atoms in total. The molecule has 41 heavy (non-hydrogen) atoms. The van der Waals surface area contributed by atoms with E-state index >= 15 is 0 Å². The Morgan fingerprint density at radius 1 is 1.05 bits per heavy atom. The number of ether oxygens (including phenoxy) is 1. The van der Waals surface area contributed by atoms with Gasteiger partial charge in [0.15, 0.2) is 5.13 Å². The molecule has 2 N–H and O–H groups in total. The van der Waals surface area contributed by atoms with Crippen LogP contribution in [0.15, 0.2) is 94.8 Å². The van der Waals surface area contributed by atoms with Crippen LogP contribution in [0.5, 0.6) is 0 Å². The molecule has 1 heterocycles. The number of alkyl halides is 2. The standard InChI is InChI=1S/C29H22BrF2N2O5PS/c1-39-27(35)21-12-10-20(11-13-21)25-17-41-28(33-25)34(26-8-4-6-19-5-2-3-7-22(19)26)16-18-9-14-23(24(30)15-18)29(31,32)40(36,37)38/h2-15,17H,16H2,1H3,(H2,36,37,38). The SMILES string of the molecule is COC(=O)c1ccc(-c2csc(N(Cc3ccc(C(F)(F)P(=O)(O)O)c(Br)c3)c3cccc4ccccc34)n2)cc1. The van der Waals surface area contributed by atoms with Gasteiger partial charge in [-0.1, -0.05) is 76.6 Å². The third kappa shape index (κ3) is 5.82. The van der Waals surface area contributed by atoms with Crippen molar-refractivity contribution in [2.24, 2.45) is 0 Å². The summed E-state index contributed by atoms with van der Waals surface area (Å²) in [7, 11) is -4.41. The van der Waals surface area contributed by atoms with Gasteiger partial charge in [0.05, 0.1) is 30.6 Å². The number of aromatic nitrogens is 1. The van der Waals surface area contributed by atoms with E-state index in [1.54, 1.807) is 24.3 Å². The number of rotatable bonds is 8. The lowest BCUT2D eigenvalue weighted by Gasteiger charge is -2.25. The number of benzene rings is 4. The highest BCUT2D eigenvalue weighted by atomic mass is 79.9. The Balaban J connectivity index is 1.56. The summed E-state index contributed by atoms with van der Waals surface area (Å²) in [6, 6.07) is 24.4. The predicted octanol–water partition coefficient (Wildman–Crippen LogP) is 8.08. The van der Waals surface area contributed by atoms with Gasteiger partial charge in [0.1, 0.15) is 0 Å². The van der Waals surface area contributed by atoms with Crippen molar-refractivity contribution in [3.8, 4) is 11.3 Å². The van der Waals surface area contributed by atoms with E-state index in [4.69, 9.17) is 9.72 Å². The second-order valence-corrected chi connectivity index (χ2v) is 12.4. The predicted molar refractivity (Wildman–Crippen MR) is 159 cm³/mol. The zero-order valence-electron chi connectivity index (χ0n) is 21.4. The molecule has 0 aliphatic carbocycles. The van der Waals surface area contributed by atoms with Gasteiger partial charge in [-0.15, -0.1) is 11.3 Å². The van der Waals surface area contributed by atoms with Gasteiger partial charge in [-0.2, -0.15) is 8.78 Å². The lowest BCUT2D eigenvalue weighted by atomic mass is 10.1. The highest BCUT2D eigenvalue weighted by Gasteiger charge is 2.51. The zero-order chi connectivity index (χ0) is 29.4. The second-order valence-electron chi connectivity index (χ2n) is 9.07. The number of esters is 1. The Kier molecular flexibility index (Phi) is 8.09. The van der Waals surface area contributed by atoms with Crippen LogP contribution in [0.1, 0.15) is 21.5 Å². The summed E-state index contributed by atoms with van der Waals surface area (Å²) >= 11 is 4.48. The van der Waals surface area contributed by atoms with Gasteiger partial charge in [-0.05, 0) is 35.2 Å². The molecule has 0 aliphatic rings. The molecule has 0 saturated heterocycles. The second kappa shape index (κ2) is 11.4. The van der Waals surface area contributed by atoms with Crippen molar-refractivity contribution < 1.29 is 32.7 Å². The number of hydrogen-bond acceptors (Lipinski definition) is 6. The van der Waals surface area contributed by atoms with E-state index in [0.717, 1.165) is 28.1 Å². The van der Waals surface area contributed by atoms with Gasteiger partial charge in [0, 0.05) is 26.4 Å². The first-order chi connectivity index (χ1) is 19.5. The molecule has 0 atom stereocenters. The minimum absolute atomic E-state index is 0.119. The number of hydrogen-bond donors (Lipinski definition) is 2. The van der Waals surface area contributed by atoms with Gasteiger partial charge < -0.3 is 19.4 Å². The lowest BCUT2D eigenvalue weighted by Crippen LogP contribution is -2.18. The molecule has 1 aromatic heterocycles. The van der Waals surface area contributed by atoms with Crippen LogP contribution in [0.3, 0.4) is 0 Å². The number of fused-ring (bicyclic) bond motifs is 1. The van der Waals surface area contributed by atoms with E-state index in [2.05, 4.69) is 15.9 Å². The average Bonchev–Trinajstić information content (AvgIpc) is 3.45. The molecule has 0 saturated carbocycles. The van der Waals surface area contributed by atoms with Crippen LogP contribution in [-0.4, -0.2) is 27.8 Å². The summed E-state index contributed by atoms with van der Waals surface area (Å²) in [5, 5.41) is 4.48. The van der Waals surface area contributed by atoms with E-state index in [9.17, 15) is 27.9 Å². The number of carbonyl (C=O) groups excluding carboxylic acids is 1. The van der Waals surface area contributed by atoms with Crippen LogP contribution >= 0.6 is 34.9 Å². The fourth-order valence-corrected chi connectivity index (χ4v) is 6.54. The molecule has 4 aromatic carbocycles. The first kappa shape index (κ1) is 29.0. The van der Waals surface area contributed by atoms with Crippen molar-refractivity contribution in [2.45, 2.75) is 12.2 Å². The fourth-order valence-electron chi connectivity index (χ4n) is 4.36. The minimum atomic E-state index is -5.73. The largest absolute Gasteiger partial charge is 0.465 e. The normalized spacial score (nSPS) is 12.0. The maximum Gasteiger partial charge on any atom is 0.399 e. The summed E-state index contributed by atoms with van der Waals surface area (Å²) in [5.74, 6) is -0.437. The molecule has 0 radical (unpaired) electrons. The maximum atomic E-state index is 14.4. The van der Waals surface area contributed by atoms with Gasteiger partial charge in [0.2, 0.25) is 0 Å². The molecule has 0 aliphatic heterocycles. The Morgan fingerprint density at radius 3 is 2.44 bits per heavy atom. The van der Waals surface area contributed by atoms with Crippen molar-refractivity contribution >= 4 is 62.4 Å². The number of halogens is 3. The molecular weight excluding hydrogens is 637 g/mol.